The van der Waals surface area contributed by atoms with E-state index in [4.69, 9.17) is 0 Å². The van der Waals surface area contributed by atoms with Crippen LogP contribution in [0.1, 0.15) is 20.8 Å². The van der Waals surface area contributed by atoms with Crippen LogP contribution >= 0.6 is 0 Å². The minimum atomic E-state index is -1.05. The third kappa shape index (κ3) is 7.59. The summed E-state index contributed by atoms with van der Waals surface area (Å²) < 4.78 is 12.2. The normalized spacial score (nSPS) is 13.3. The molecule has 0 aliphatic rings. The fourth-order valence-corrected chi connectivity index (χ4v) is 3.06. The van der Waals surface area contributed by atoms with Crippen molar-refractivity contribution >= 4 is 22.7 Å². The molecule has 0 aromatic heterocycles. The number of amides is 1. The molecule has 1 unspecified atom stereocenters. The number of rotatable bonds is 6. The monoisotopic (exact) mass is 352 g/mol. The van der Waals surface area contributed by atoms with Crippen LogP contribution in [-0.4, -0.2) is 59.5 Å². The summed E-state index contributed by atoms with van der Waals surface area (Å²) in [4.78, 5) is 18.7. The lowest BCUT2D eigenvalue weighted by atomic mass is 10.1. The molecule has 1 aromatic carbocycles. The second kappa shape index (κ2) is 9.42. The fraction of sp³-hybridized carbons (Fsp3) is 0.529. The average Bonchev–Trinajstić information content (AvgIpc) is 2.50. The Labute approximate surface area is 147 Å². The van der Waals surface area contributed by atoms with Crippen molar-refractivity contribution in [1.29, 1.82) is 0 Å². The van der Waals surface area contributed by atoms with Crippen molar-refractivity contribution in [2.24, 2.45) is 4.99 Å². The average molecular weight is 353 g/mol. The quantitative estimate of drug-likeness (QED) is 0.596. The summed E-state index contributed by atoms with van der Waals surface area (Å²) >= 11 is 0. The predicted molar refractivity (Wildman–Crippen MR) is 99.6 cm³/mol. The van der Waals surface area contributed by atoms with Gasteiger partial charge in [0.05, 0.1) is 17.3 Å². The van der Waals surface area contributed by atoms with Gasteiger partial charge in [0, 0.05) is 36.8 Å². The van der Waals surface area contributed by atoms with Crippen LogP contribution in [0.15, 0.2) is 40.2 Å². The van der Waals surface area contributed by atoms with Gasteiger partial charge in [-0.05, 0) is 32.9 Å². The first-order valence-electron chi connectivity index (χ1n) is 7.89. The van der Waals surface area contributed by atoms with Crippen molar-refractivity contribution in [3.05, 3.63) is 30.3 Å². The third-order valence-corrected chi connectivity index (χ3v) is 4.42. The second-order valence-electron chi connectivity index (χ2n) is 6.49. The first kappa shape index (κ1) is 20.2. The Balaban J connectivity index is 2.44. The van der Waals surface area contributed by atoms with Crippen molar-refractivity contribution in [2.45, 2.75) is 31.2 Å². The Kier molecular flexibility index (Phi) is 7.91. The maximum atomic E-state index is 12.2. The molecule has 2 N–H and O–H groups in total. The molecule has 0 spiro atoms. The zero-order valence-electron chi connectivity index (χ0n) is 15.1. The van der Waals surface area contributed by atoms with Gasteiger partial charge in [-0.3, -0.25) is 14.0 Å². The lowest BCUT2D eigenvalue weighted by Crippen LogP contribution is -2.49. The van der Waals surface area contributed by atoms with E-state index in [9.17, 15) is 9.00 Å². The highest BCUT2D eigenvalue weighted by Crippen LogP contribution is 2.04. The molecule has 1 rings (SSSR count). The maximum absolute atomic E-state index is 12.2. The van der Waals surface area contributed by atoms with Gasteiger partial charge in [-0.2, -0.15) is 0 Å². The first-order chi connectivity index (χ1) is 11.2. The molecule has 134 valence electrons. The highest BCUT2D eigenvalue weighted by Gasteiger charge is 2.16. The lowest BCUT2D eigenvalue weighted by Gasteiger charge is -2.25. The molecule has 0 heterocycles. The molecule has 0 radical (unpaired) electrons. The molecule has 0 fully saturated rings. The van der Waals surface area contributed by atoms with E-state index in [1.807, 2.05) is 51.1 Å². The van der Waals surface area contributed by atoms with Crippen LogP contribution in [0.3, 0.4) is 0 Å². The van der Waals surface area contributed by atoms with Gasteiger partial charge in [-0.25, -0.2) is 0 Å². The summed E-state index contributed by atoms with van der Waals surface area (Å²) in [6.45, 7) is 6.54. The molecule has 7 heteroatoms. The summed E-state index contributed by atoms with van der Waals surface area (Å²) in [5.74, 6) is 1.01. The van der Waals surface area contributed by atoms with Crippen LogP contribution in [0, 0.1) is 0 Å². The van der Waals surface area contributed by atoms with Gasteiger partial charge in [-0.1, -0.05) is 18.2 Å². The van der Waals surface area contributed by atoms with E-state index in [0.29, 0.717) is 18.3 Å². The lowest BCUT2D eigenvalue weighted by molar-refractivity contribution is -0.122. The summed E-state index contributed by atoms with van der Waals surface area (Å²) in [6.07, 6.45) is 0. The summed E-state index contributed by atoms with van der Waals surface area (Å²) in [7, 11) is 2.40. The van der Waals surface area contributed by atoms with Gasteiger partial charge in [0.15, 0.2) is 5.96 Å². The number of nitrogens with one attached hydrogen (secondary N) is 2. The van der Waals surface area contributed by atoms with Crippen LogP contribution in [0.25, 0.3) is 0 Å². The number of hydrogen-bond acceptors (Lipinski definition) is 3. The Morgan fingerprint density at radius 1 is 1.25 bits per heavy atom. The van der Waals surface area contributed by atoms with Gasteiger partial charge < -0.3 is 15.5 Å². The molecular formula is C17H28N4O2S. The number of guanidine groups is 1. The second-order valence-corrected chi connectivity index (χ2v) is 8.06. The van der Waals surface area contributed by atoms with E-state index in [1.54, 1.807) is 19.0 Å². The van der Waals surface area contributed by atoms with Crippen LogP contribution < -0.4 is 10.6 Å². The van der Waals surface area contributed by atoms with Crippen molar-refractivity contribution < 1.29 is 9.00 Å². The minimum absolute atomic E-state index is 0.0687. The first-order valence-corrected chi connectivity index (χ1v) is 9.21. The van der Waals surface area contributed by atoms with E-state index in [0.717, 1.165) is 4.90 Å². The molecule has 0 saturated heterocycles. The summed E-state index contributed by atoms with van der Waals surface area (Å²) in [6, 6.07) is 9.36. The summed E-state index contributed by atoms with van der Waals surface area (Å²) in [5, 5.41) is 6.05. The van der Waals surface area contributed by atoms with Gasteiger partial charge >= 0.3 is 0 Å². The zero-order chi connectivity index (χ0) is 18.2. The highest BCUT2D eigenvalue weighted by atomic mass is 32.2. The number of aliphatic imine (C=N–C) groups is 1. The van der Waals surface area contributed by atoms with Crippen molar-refractivity contribution in [3.8, 4) is 0 Å². The molecule has 1 aromatic rings. The van der Waals surface area contributed by atoms with Gasteiger partial charge in [0.1, 0.15) is 0 Å². The molecule has 0 aliphatic heterocycles. The molecular weight excluding hydrogens is 324 g/mol. The predicted octanol–water partition coefficient (Wildman–Crippen LogP) is 1.22. The minimum Gasteiger partial charge on any atom is -0.355 e. The van der Waals surface area contributed by atoms with E-state index < -0.39 is 10.8 Å². The SMILES string of the molecule is CN=C(NCCS(=O)c1ccccc1)N(C)CC(=O)NC(C)(C)C. The molecule has 0 aliphatic carbocycles. The number of nitrogens with zero attached hydrogens (tertiary/aromatic N) is 2. The van der Waals surface area contributed by atoms with E-state index in [2.05, 4.69) is 15.6 Å². The Bertz CT molecular complexity index is 582. The Hall–Kier alpha value is -1.89. The van der Waals surface area contributed by atoms with Crippen molar-refractivity contribution in [1.82, 2.24) is 15.5 Å². The topological polar surface area (TPSA) is 73.8 Å². The van der Waals surface area contributed by atoms with Crippen molar-refractivity contribution in [2.75, 3.05) is 32.9 Å². The molecule has 6 nitrogen and oxygen atoms in total. The number of carbonyl (C=O) groups excluding carboxylic acids is 1. The smallest absolute Gasteiger partial charge is 0.240 e. The van der Waals surface area contributed by atoms with Gasteiger partial charge in [-0.15, -0.1) is 0 Å². The summed E-state index contributed by atoms with van der Waals surface area (Å²) in [5.41, 5.74) is -0.262. The largest absolute Gasteiger partial charge is 0.355 e. The molecule has 0 saturated carbocycles. The molecule has 24 heavy (non-hydrogen) atoms. The zero-order valence-corrected chi connectivity index (χ0v) is 15.9. The van der Waals surface area contributed by atoms with Crippen LogP contribution in [0.4, 0.5) is 0 Å². The molecule has 0 bridgehead atoms. The fourth-order valence-electron chi connectivity index (χ4n) is 2.08. The van der Waals surface area contributed by atoms with Gasteiger partial charge in [0.25, 0.3) is 0 Å². The number of hydrogen-bond donors (Lipinski definition) is 2. The number of benzene rings is 1. The van der Waals surface area contributed by atoms with Crippen LogP contribution in [-0.2, 0) is 15.6 Å². The van der Waals surface area contributed by atoms with Crippen LogP contribution in [0.5, 0.6) is 0 Å². The van der Waals surface area contributed by atoms with Crippen LogP contribution in [0.2, 0.25) is 0 Å². The maximum Gasteiger partial charge on any atom is 0.240 e. The van der Waals surface area contributed by atoms with E-state index in [1.165, 1.54) is 0 Å². The molecule has 1 atom stereocenters. The Morgan fingerprint density at radius 2 is 1.88 bits per heavy atom. The Morgan fingerprint density at radius 3 is 2.42 bits per heavy atom. The van der Waals surface area contributed by atoms with E-state index in [-0.39, 0.29) is 18.0 Å². The number of carbonyl (C=O) groups is 1. The van der Waals surface area contributed by atoms with Crippen molar-refractivity contribution in [3.63, 3.8) is 0 Å². The van der Waals surface area contributed by atoms with Gasteiger partial charge in [0.2, 0.25) is 5.91 Å². The third-order valence-electron chi connectivity index (χ3n) is 3.05. The highest BCUT2D eigenvalue weighted by molar-refractivity contribution is 7.85. The standard InChI is InChI=1S/C17H28N4O2S/c1-17(2,3)20-15(22)13-21(5)16(18-4)19-11-12-24(23)14-9-7-6-8-10-14/h6-10H,11-13H2,1-5H3,(H,18,19)(H,20,22). The molecule has 1 amide bonds. The van der Waals surface area contributed by atoms with E-state index >= 15 is 0 Å². The number of likely N-dealkylation sites (N-methyl/N-ethyl adjacent to an activating group) is 1.